The Kier molecular flexibility index (Phi) is 3.77. The van der Waals surface area contributed by atoms with Crippen molar-refractivity contribution in [2.24, 2.45) is 11.5 Å². The molecular weight excluding hydrogens is 268 g/mol. The first-order valence-electron chi connectivity index (χ1n) is 5.47. The molecule has 1 aliphatic carbocycles. The van der Waals surface area contributed by atoms with Crippen LogP contribution in [-0.4, -0.2) is 22.3 Å². The third-order valence-electron chi connectivity index (χ3n) is 2.89. The maximum Gasteiger partial charge on any atom is 0.189 e. The van der Waals surface area contributed by atoms with Crippen molar-refractivity contribution >= 4 is 23.4 Å². The maximum atomic E-state index is 6.40. The van der Waals surface area contributed by atoms with E-state index >= 15 is 0 Å². The van der Waals surface area contributed by atoms with Crippen LogP contribution in [0.15, 0.2) is 35.0 Å². The Morgan fingerprint density at radius 3 is 2.83 bits per heavy atom. The van der Waals surface area contributed by atoms with E-state index in [0.29, 0.717) is 16.0 Å². The second-order valence-corrected chi connectivity index (χ2v) is 5.43. The van der Waals surface area contributed by atoms with Gasteiger partial charge >= 0.3 is 0 Å². The van der Waals surface area contributed by atoms with E-state index < -0.39 is 5.54 Å². The van der Waals surface area contributed by atoms with Crippen molar-refractivity contribution in [1.82, 2.24) is 9.97 Å². The Hall–Kier alpha value is -0.880. The minimum absolute atomic E-state index is 0.332. The van der Waals surface area contributed by atoms with Crippen LogP contribution in [0.2, 0.25) is 5.15 Å². The summed E-state index contributed by atoms with van der Waals surface area (Å²) in [6.07, 6.45) is 7.64. The van der Waals surface area contributed by atoms with Crippen LogP contribution in [0.1, 0.15) is 12.6 Å². The van der Waals surface area contributed by atoms with Crippen molar-refractivity contribution in [1.29, 1.82) is 0 Å². The lowest BCUT2D eigenvalue weighted by Gasteiger charge is -2.33. The zero-order valence-electron chi connectivity index (χ0n) is 10.2. The number of aromatic nitrogens is 2. The molecule has 2 unspecified atom stereocenters. The van der Waals surface area contributed by atoms with Crippen molar-refractivity contribution in [3.63, 3.8) is 0 Å². The van der Waals surface area contributed by atoms with Crippen LogP contribution in [0.4, 0.5) is 0 Å². The van der Waals surface area contributed by atoms with Crippen LogP contribution in [0, 0.1) is 0 Å². The van der Waals surface area contributed by atoms with E-state index in [1.807, 2.05) is 31.4 Å². The van der Waals surface area contributed by atoms with E-state index in [2.05, 4.69) is 9.97 Å². The van der Waals surface area contributed by atoms with Crippen molar-refractivity contribution in [2.45, 2.75) is 23.7 Å². The van der Waals surface area contributed by atoms with E-state index in [0.717, 1.165) is 5.57 Å². The summed E-state index contributed by atoms with van der Waals surface area (Å²) >= 11 is 7.41. The van der Waals surface area contributed by atoms with Gasteiger partial charge in [-0.2, -0.15) is 0 Å². The zero-order chi connectivity index (χ0) is 13.3. The monoisotopic (exact) mass is 282 g/mol. The Bertz CT molecular complexity index is 529. The molecule has 0 saturated heterocycles. The van der Waals surface area contributed by atoms with Crippen molar-refractivity contribution in [3.05, 3.63) is 40.7 Å². The molecule has 0 saturated carbocycles. The van der Waals surface area contributed by atoms with Crippen LogP contribution >= 0.6 is 23.4 Å². The molecule has 2 atom stereocenters. The molecule has 1 aromatic heterocycles. The third kappa shape index (κ3) is 2.44. The van der Waals surface area contributed by atoms with Crippen molar-refractivity contribution in [2.75, 3.05) is 6.26 Å². The van der Waals surface area contributed by atoms with Crippen LogP contribution < -0.4 is 11.5 Å². The van der Waals surface area contributed by atoms with Crippen LogP contribution in [0.25, 0.3) is 0 Å². The molecule has 1 heterocycles. The van der Waals surface area contributed by atoms with Gasteiger partial charge in [0.25, 0.3) is 0 Å². The largest absolute Gasteiger partial charge is 0.322 e. The number of allylic oxidation sites excluding steroid dienone is 2. The molecule has 1 aliphatic rings. The lowest BCUT2D eigenvalue weighted by Crippen LogP contribution is -2.52. The number of nitrogens with zero attached hydrogens (tertiary/aromatic N) is 2. The Morgan fingerprint density at radius 2 is 2.17 bits per heavy atom. The average molecular weight is 283 g/mol. The minimum atomic E-state index is -0.837. The number of halogens is 1. The summed E-state index contributed by atoms with van der Waals surface area (Å²) in [7, 11) is 0. The van der Waals surface area contributed by atoms with Gasteiger partial charge in [-0.1, -0.05) is 47.2 Å². The molecular formula is C12H15ClN4S. The molecule has 96 valence electrons. The highest BCUT2D eigenvalue weighted by molar-refractivity contribution is 7.98. The normalized spacial score (nSPS) is 27.2. The fourth-order valence-electron chi connectivity index (χ4n) is 1.89. The molecule has 1 aromatic rings. The molecule has 4 nitrogen and oxygen atoms in total. The molecule has 6 heteroatoms. The lowest BCUT2D eigenvalue weighted by molar-refractivity contribution is 0.470. The highest BCUT2D eigenvalue weighted by Gasteiger charge is 2.35. The summed E-state index contributed by atoms with van der Waals surface area (Å²) in [5.74, 6) is 0. The topological polar surface area (TPSA) is 77.8 Å². The first kappa shape index (κ1) is 13.5. The number of nitrogens with two attached hydrogens (primary N) is 2. The van der Waals surface area contributed by atoms with Gasteiger partial charge < -0.3 is 11.5 Å². The summed E-state index contributed by atoms with van der Waals surface area (Å²) in [5.41, 5.74) is 13.3. The van der Waals surface area contributed by atoms with E-state index in [1.165, 1.54) is 11.8 Å². The number of hydrogen-bond donors (Lipinski definition) is 2. The standard InChI is InChI=1S/C12H15ClN4S/c1-7-3-4-8(14)12(15,6-7)9-5-10(13)17-11(16-9)18-2/h3-6,8H,14-15H2,1-2H3. The van der Waals surface area contributed by atoms with Gasteiger partial charge in [-0.25, -0.2) is 9.97 Å². The van der Waals surface area contributed by atoms with E-state index in [9.17, 15) is 0 Å². The molecule has 0 fully saturated rings. The fourth-order valence-corrected chi connectivity index (χ4v) is 2.50. The van der Waals surface area contributed by atoms with Gasteiger partial charge in [0.15, 0.2) is 5.16 Å². The molecule has 2 rings (SSSR count). The quantitative estimate of drug-likeness (QED) is 0.492. The number of hydrogen-bond acceptors (Lipinski definition) is 5. The van der Waals surface area contributed by atoms with Crippen LogP contribution in [0.5, 0.6) is 0 Å². The van der Waals surface area contributed by atoms with E-state index in [1.54, 1.807) is 6.07 Å². The van der Waals surface area contributed by atoms with E-state index in [4.69, 9.17) is 23.1 Å². The maximum absolute atomic E-state index is 6.40. The first-order valence-corrected chi connectivity index (χ1v) is 7.07. The predicted molar refractivity (Wildman–Crippen MR) is 75.6 cm³/mol. The number of rotatable bonds is 2. The van der Waals surface area contributed by atoms with Gasteiger partial charge in [0, 0.05) is 0 Å². The molecule has 0 amide bonds. The SMILES string of the molecule is CSc1nc(Cl)cc(C2(N)C=C(C)C=CC2N)n1. The first-order chi connectivity index (χ1) is 8.45. The molecule has 0 aromatic carbocycles. The molecule has 18 heavy (non-hydrogen) atoms. The van der Waals surface area contributed by atoms with E-state index in [-0.39, 0.29) is 6.04 Å². The van der Waals surface area contributed by atoms with Gasteiger partial charge in [-0.05, 0) is 19.2 Å². The summed E-state index contributed by atoms with van der Waals surface area (Å²) in [4.78, 5) is 8.52. The van der Waals surface area contributed by atoms with Gasteiger partial charge in [0.1, 0.15) is 5.15 Å². The Morgan fingerprint density at radius 1 is 1.44 bits per heavy atom. The zero-order valence-corrected chi connectivity index (χ0v) is 11.8. The highest BCUT2D eigenvalue weighted by atomic mass is 35.5. The van der Waals surface area contributed by atoms with Crippen molar-refractivity contribution in [3.8, 4) is 0 Å². The minimum Gasteiger partial charge on any atom is -0.322 e. The molecule has 0 aliphatic heterocycles. The Labute approximate surface area is 116 Å². The second-order valence-electron chi connectivity index (χ2n) is 4.27. The summed E-state index contributed by atoms with van der Waals surface area (Å²) in [6, 6.07) is 1.34. The molecule has 4 N–H and O–H groups in total. The highest BCUT2D eigenvalue weighted by Crippen LogP contribution is 2.29. The number of thioether (sulfide) groups is 1. The van der Waals surface area contributed by atoms with Crippen LogP contribution in [0.3, 0.4) is 0 Å². The second kappa shape index (κ2) is 5.01. The van der Waals surface area contributed by atoms with Crippen LogP contribution in [-0.2, 0) is 5.54 Å². The lowest BCUT2D eigenvalue weighted by atomic mass is 9.82. The summed E-state index contributed by atoms with van der Waals surface area (Å²) < 4.78 is 0. The molecule has 0 spiro atoms. The third-order valence-corrected chi connectivity index (χ3v) is 3.63. The molecule has 0 bridgehead atoms. The fraction of sp³-hybridized carbons (Fsp3) is 0.333. The van der Waals surface area contributed by atoms with Gasteiger partial charge in [0.05, 0.1) is 17.3 Å². The summed E-state index contributed by atoms with van der Waals surface area (Å²) in [6.45, 7) is 1.97. The summed E-state index contributed by atoms with van der Waals surface area (Å²) in [5, 5.41) is 0.970. The molecule has 0 radical (unpaired) electrons. The van der Waals surface area contributed by atoms with Gasteiger partial charge in [0.2, 0.25) is 0 Å². The smallest absolute Gasteiger partial charge is 0.189 e. The average Bonchev–Trinajstić information content (AvgIpc) is 2.33. The Balaban J connectivity index is 2.53. The predicted octanol–water partition coefficient (Wildman–Crippen LogP) is 1.85. The van der Waals surface area contributed by atoms with Gasteiger partial charge in [-0.3, -0.25) is 0 Å². The van der Waals surface area contributed by atoms with Crippen molar-refractivity contribution < 1.29 is 0 Å². The van der Waals surface area contributed by atoms with Gasteiger partial charge in [-0.15, -0.1) is 0 Å².